The zero-order chi connectivity index (χ0) is 28.3. The molecule has 1 aromatic rings. The summed E-state index contributed by atoms with van der Waals surface area (Å²) in [4.78, 5) is 26.8. The molecule has 0 spiro atoms. The molecule has 0 aromatic heterocycles. The number of benzene rings is 1. The van der Waals surface area contributed by atoms with E-state index in [1.54, 1.807) is 13.2 Å². The molecule has 3 fully saturated rings. The first kappa shape index (κ1) is 28.5. The van der Waals surface area contributed by atoms with Crippen LogP contribution in [0.4, 0.5) is 4.39 Å². The number of esters is 1. The van der Waals surface area contributed by atoms with Crippen LogP contribution >= 0.6 is 0 Å². The van der Waals surface area contributed by atoms with Crippen LogP contribution in [0.3, 0.4) is 0 Å². The largest absolute Gasteiger partial charge is 0.494 e. The number of carbonyl (C=O) groups excluding carboxylic acids is 2. The molecule has 2 N–H and O–H groups in total. The monoisotopic (exact) mass is 546 g/mol. The van der Waals surface area contributed by atoms with Gasteiger partial charge in [0.2, 0.25) is 0 Å². The molecule has 1 heterocycles. The third-order valence-electron chi connectivity index (χ3n) is 10.9. The summed E-state index contributed by atoms with van der Waals surface area (Å²) in [5, 5.41) is 21.7. The first-order chi connectivity index (χ1) is 18.4. The van der Waals surface area contributed by atoms with Gasteiger partial charge in [0.25, 0.3) is 0 Å². The molecule has 3 saturated carbocycles. The van der Waals surface area contributed by atoms with Crippen molar-refractivity contribution in [3.63, 3.8) is 0 Å². The van der Waals surface area contributed by atoms with Crippen molar-refractivity contribution in [3.05, 3.63) is 23.5 Å². The van der Waals surface area contributed by atoms with Crippen molar-refractivity contribution in [2.75, 3.05) is 20.3 Å². The number of ketones is 1. The molecule has 10 heteroatoms. The SMILES string of the molecule is COC[C@]1(C)C[C@@H](OC(=O)COc2ccc3c(c2F)B(O)OC3)[C@]2(C)[C@H](C)CC[C@]3(CCC(=O)[C@H]32)[C@@H](C)[C@@H]1O. The van der Waals surface area contributed by atoms with Crippen LogP contribution in [-0.2, 0) is 30.3 Å². The van der Waals surface area contributed by atoms with Gasteiger partial charge in [-0.3, -0.25) is 4.79 Å². The summed E-state index contributed by atoms with van der Waals surface area (Å²) in [5.74, 6) is -1.81. The molecule has 0 amide bonds. The first-order valence-corrected chi connectivity index (χ1v) is 14.0. The smallest absolute Gasteiger partial charge is 0.479 e. The number of ether oxygens (including phenoxy) is 3. The molecule has 2 bridgehead atoms. The molecule has 214 valence electrons. The van der Waals surface area contributed by atoms with Gasteiger partial charge in [0.05, 0.1) is 19.3 Å². The maximum atomic E-state index is 15.0. The van der Waals surface area contributed by atoms with Gasteiger partial charge in [-0.1, -0.05) is 33.8 Å². The number of rotatable bonds is 6. The first-order valence-electron chi connectivity index (χ1n) is 14.0. The quantitative estimate of drug-likeness (QED) is 0.414. The fourth-order valence-electron chi connectivity index (χ4n) is 8.53. The van der Waals surface area contributed by atoms with Crippen molar-refractivity contribution < 1.29 is 43.0 Å². The number of methoxy groups -OCH3 is 1. The molecule has 3 aliphatic carbocycles. The summed E-state index contributed by atoms with van der Waals surface area (Å²) in [6.07, 6.45) is 1.77. The van der Waals surface area contributed by atoms with Gasteiger partial charge >= 0.3 is 13.1 Å². The second kappa shape index (κ2) is 10.1. The van der Waals surface area contributed by atoms with E-state index in [9.17, 15) is 24.1 Å². The molecule has 5 rings (SSSR count). The lowest BCUT2D eigenvalue weighted by molar-refractivity contribution is -0.217. The van der Waals surface area contributed by atoms with E-state index in [0.29, 0.717) is 18.4 Å². The van der Waals surface area contributed by atoms with Gasteiger partial charge < -0.3 is 29.0 Å². The highest BCUT2D eigenvalue weighted by Gasteiger charge is 2.68. The number of halogens is 1. The number of aliphatic hydroxyl groups excluding tert-OH is 1. The molecule has 1 aromatic carbocycles. The number of Topliss-reactive ketones (excluding diaryl/α,β-unsaturated/α-hetero) is 1. The Morgan fingerprint density at radius 1 is 1.26 bits per heavy atom. The maximum Gasteiger partial charge on any atom is 0.494 e. The number of aliphatic hydroxyl groups is 1. The fraction of sp³-hybridized carbons (Fsp3) is 0.724. The standard InChI is InChI=1S/C29H40BFO8/c1-16-8-10-29-11-9-19(32)25(29)28(16,4)21(12-27(3,15-36-5)26(34)17(29)2)39-22(33)14-37-20-7-6-18-13-38-30(35)23(18)24(20)31/h6-7,16-17,21,25-26,34-35H,8-15H2,1-5H3/t16-,17+,21-,25+,26+,27+,28+,29+/m1/s1. The topological polar surface area (TPSA) is 112 Å². The van der Waals surface area contributed by atoms with Crippen molar-refractivity contribution in [1.29, 1.82) is 0 Å². The molecule has 0 unspecified atom stereocenters. The molecular weight excluding hydrogens is 506 g/mol. The zero-order valence-corrected chi connectivity index (χ0v) is 23.5. The van der Waals surface area contributed by atoms with E-state index < -0.39 is 48.5 Å². The minimum Gasteiger partial charge on any atom is -0.479 e. The normalized spacial score (nSPS) is 39.5. The van der Waals surface area contributed by atoms with E-state index in [2.05, 4.69) is 20.8 Å². The van der Waals surface area contributed by atoms with Crippen molar-refractivity contribution in [2.45, 2.75) is 78.6 Å². The van der Waals surface area contributed by atoms with Crippen molar-refractivity contribution in [3.8, 4) is 5.75 Å². The summed E-state index contributed by atoms with van der Waals surface area (Å²) in [5.41, 5.74) is -1.20. The van der Waals surface area contributed by atoms with E-state index >= 15 is 0 Å². The molecule has 8 atom stereocenters. The average Bonchev–Trinajstić information content (AvgIpc) is 3.45. The van der Waals surface area contributed by atoms with Crippen LogP contribution in [0.15, 0.2) is 12.1 Å². The van der Waals surface area contributed by atoms with Crippen LogP contribution in [0.25, 0.3) is 0 Å². The van der Waals surface area contributed by atoms with E-state index in [4.69, 9.17) is 18.9 Å². The Bertz CT molecular complexity index is 1150. The number of fused-ring (bicyclic) bond motifs is 1. The fourth-order valence-corrected chi connectivity index (χ4v) is 8.53. The Kier molecular flexibility index (Phi) is 7.40. The van der Waals surface area contributed by atoms with Gasteiger partial charge in [-0.25, -0.2) is 9.18 Å². The van der Waals surface area contributed by atoms with Gasteiger partial charge in [0, 0.05) is 35.7 Å². The third kappa shape index (κ3) is 4.33. The number of carbonyl (C=O) groups is 2. The third-order valence-corrected chi connectivity index (χ3v) is 10.9. The number of hydrogen-bond acceptors (Lipinski definition) is 8. The Labute approximate surface area is 229 Å². The van der Waals surface area contributed by atoms with Crippen molar-refractivity contribution in [2.24, 2.45) is 34.0 Å². The summed E-state index contributed by atoms with van der Waals surface area (Å²) >= 11 is 0. The second-order valence-corrected chi connectivity index (χ2v) is 12.8. The minimum atomic E-state index is -1.38. The van der Waals surface area contributed by atoms with Gasteiger partial charge in [-0.05, 0) is 54.6 Å². The lowest BCUT2D eigenvalue weighted by Crippen LogP contribution is -2.64. The minimum absolute atomic E-state index is 0.0129. The van der Waals surface area contributed by atoms with E-state index in [0.717, 1.165) is 19.3 Å². The van der Waals surface area contributed by atoms with Crippen LogP contribution in [0.2, 0.25) is 0 Å². The highest BCUT2D eigenvalue weighted by Crippen LogP contribution is 2.67. The molecule has 4 aliphatic rings. The molecule has 1 aliphatic heterocycles. The lowest BCUT2D eigenvalue weighted by atomic mass is 9.44. The Morgan fingerprint density at radius 2 is 2.00 bits per heavy atom. The van der Waals surface area contributed by atoms with E-state index in [1.165, 1.54) is 6.07 Å². The molecule has 0 saturated heterocycles. The Balaban J connectivity index is 1.45. The predicted molar refractivity (Wildman–Crippen MR) is 141 cm³/mol. The summed E-state index contributed by atoms with van der Waals surface area (Å²) in [7, 11) is 0.212. The Hall–Kier alpha value is -2.01. The van der Waals surface area contributed by atoms with Crippen LogP contribution < -0.4 is 10.2 Å². The van der Waals surface area contributed by atoms with Gasteiger partial charge in [0.1, 0.15) is 11.9 Å². The van der Waals surface area contributed by atoms with Crippen molar-refractivity contribution >= 4 is 24.3 Å². The molecule has 39 heavy (non-hydrogen) atoms. The summed E-state index contributed by atoms with van der Waals surface area (Å²) in [6.45, 7) is 8.03. The predicted octanol–water partition coefficient (Wildman–Crippen LogP) is 2.79. The van der Waals surface area contributed by atoms with E-state index in [1.807, 2.05) is 6.92 Å². The number of hydrogen-bond donors (Lipinski definition) is 2. The Morgan fingerprint density at radius 3 is 2.72 bits per heavy atom. The second-order valence-electron chi connectivity index (χ2n) is 12.8. The van der Waals surface area contributed by atoms with Crippen LogP contribution in [0.5, 0.6) is 5.75 Å². The highest BCUT2D eigenvalue weighted by atomic mass is 19.1. The van der Waals surface area contributed by atoms with Gasteiger partial charge in [-0.15, -0.1) is 0 Å². The molecule has 8 nitrogen and oxygen atoms in total. The van der Waals surface area contributed by atoms with Crippen molar-refractivity contribution in [1.82, 2.24) is 0 Å². The van der Waals surface area contributed by atoms with Crippen LogP contribution in [0.1, 0.15) is 65.4 Å². The maximum absolute atomic E-state index is 15.0. The highest BCUT2D eigenvalue weighted by molar-refractivity contribution is 6.61. The zero-order valence-electron chi connectivity index (χ0n) is 23.5. The molecular formula is C29H40BFO8. The van der Waals surface area contributed by atoms with Gasteiger partial charge in [0.15, 0.2) is 18.2 Å². The van der Waals surface area contributed by atoms with E-state index in [-0.39, 0.29) is 53.4 Å². The van der Waals surface area contributed by atoms with Gasteiger partial charge in [-0.2, -0.15) is 0 Å². The van der Waals surface area contributed by atoms with Crippen LogP contribution in [0, 0.1) is 39.8 Å². The summed E-state index contributed by atoms with van der Waals surface area (Å²) in [6, 6.07) is 3.00. The average molecular weight is 546 g/mol. The molecule has 0 radical (unpaired) electrons. The lowest BCUT2D eigenvalue weighted by Gasteiger charge is -2.62. The summed E-state index contributed by atoms with van der Waals surface area (Å²) < 4.78 is 37.3. The van der Waals surface area contributed by atoms with Crippen LogP contribution in [-0.4, -0.2) is 61.5 Å².